The van der Waals surface area contributed by atoms with Gasteiger partial charge in [0, 0.05) is 12.3 Å². The number of nitrogens with zero attached hydrogens (tertiary/aromatic N) is 1. The van der Waals surface area contributed by atoms with Crippen LogP contribution in [0.3, 0.4) is 0 Å². The van der Waals surface area contributed by atoms with Crippen molar-refractivity contribution >= 4 is 21.6 Å². The first kappa shape index (κ1) is 18.2. The number of sulfone groups is 1. The lowest BCUT2D eigenvalue weighted by Crippen LogP contribution is -2.31. The Bertz CT molecular complexity index is 958. The lowest BCUT2D eigenvalue weighted by Gasteiger charge is -2.20. The molecule has 1 aromatic carbocycles. The lowest BCUT2D eigenvalue weighted by molar-refractivity contribution is -0.119. The highest BCUT2D eigenvalue weighted by Crippen LogP contribution is 2.61. The van der Waals surface area contributed by atoms with E-state index in [1.165, 1.54) is 19.1 Å². The van der Waals surface area contributed by atoms with Crippen molar-refractivity contribution in [1.82, 2.24) is 5.16 Å². The molecule has 1 heterocycles. The summed E-state index contributed by atoms with van der Waals surface area (Å²) in [4.78, 5) is 13.5. The predicted molar refractivity (Wildman–Crippen MR) is 101 cm³/mol. The van der Waals surface area contributed by atoms with Crippen LogP contribution in [0, 0.1) is 18.8 Å². The molecule has 144 valence electrons. The van der Waals surface area contributed by atoms with Crippen LogP contribution >= 0.6 is 0 Å². The first-order chi connectivity index (χ1) is 12.8. The topological polar surface area (TPSA) is 89.3 Å². The number of hydrogen-bond acceptors (Lipinski definition) is 5. The molecule has 0 saturated heterocycles. The third-order valence-electron chi connectivity index (χ3n) is 6.06. The van der Waals surface area contributed by atoms with E-state index in [0.29, 0.717) is 17.5 Å². The number of amides is 1. The predicted octanol–water partition coefficient (Wildman–Crippen LogP) is 3.47. The summed E-state index contributed by atoms with van der Waals surface area (Å²) in [5, 5.41) is 6.77. The average molecular weight is 388 g/mol. The van der Waals surface area contributed by atoms with Gasteiger partial charge in [0.15, 0.2) is 15.7 Å². The van der Waals surface area contributed by atoms with Crippen molar-refractivity contribution in [2.45, 2.75) is 49.3 Å². The lowest BCUT2D eigenvalue weighted by atomic mass is 9.86. The maximum Gasteiger partial charge on any atom is 0.236 e. The highest BCUT2D eigenvalue weighted by Gasteiger charge is 2.63. The second kappa shape index (κ2) is 6.48. The molecule has 1 N–H and O–H groups in total. The molecule has 2 aliphatic carbocycles. The van der Waals surface area contributed by atoms with Crippen LogP contribution in [0.15, 0.2) is 39.8 Å². The Hall–Kier alpha value is -2.15. The molecular weight excluding hydrogens is 364 g/mol. The number of benzene rings is 1. The Labute approximate surface area is 159 Å². The molecule has 6 nitrogen and oxygen atoms in total. The highest BCUT2D eigenvalue weighted by molar-refractivity contribution is 7.90. The Morgan fingerprint density at radius 1 is 1.22 bits per heavy atom. The summed E-state index contributed by atoms with van der Waals surface area (Å²) < 4.78 is 28.6. The molecule has 7 heteroatoms. The molecule has 2 fully saturated rings. The van der Waals surface area contributed by atoms with Gasteiger partial charge < -0.3 is 9.84 Å². The van der Waals surface area contributed by atoms with Gasteiger partial charge in [0.2, 0.25) is 5.91 Å². The minimum atomic E-state index is -3.26. The molecule has 1 aromatic heterocycles. The summed E-state index contributed by atoms with van der Waals surface area (Å²) in [5.74, 6) is 1.81. The van der Waals surface area contributed by atoms with Crippen LogP contribution < -0.4 is 5.32 Å². The quantitative estimate of drug-likeness (QED) is 0.847. The van der Waals surface area contributed by atoms with Gasteiger partial charge in [-0.25, -0.2) is 8.42 Å². The Morgan fingerprint density at radius 3 is 2.44 bits per heavy atom. The van der Waals surface area contributed by atoms with Crippen LogP contribution in [0.25, 0.3) is 0 Å². The van der Waals surface area contributed by atoms with Gasteiger partial charge in [-0.15, -0.1) is 0 Å². The van der Waals surface area contributed by atoms with E-state index in [1.54, 1.807) is 37.3 Å². The van der Waals surface area contributed by atoms with E-state index in [0.717, 1.165) is 24.8 Å². The largest absolute Gasteiger partial charge is 0.360 e. The number of rotatable bonds is 5. The van der Waals surface area contributed by atoms with Crippen molar-refractivity contribution < 1.29 is 17.7 Å². The second-order valence-corrected chi connectivity index (χ2v) is 9.92. The van der Waals surface area contributed by atoms with Crippen molar-refractivity contribution in [2.24, 2.45) is 11.8 Å². The normalized spacial score (nSPS) is 25.5. The molecule has 0 radical (unpaired) electrons. The minimum absolute atomic E-state index is 0.0835. The third-order valence-corrected chi connectivity index (χ3v) is 7.18. The monoisotopic (exact) mass is 388 g/mol. The van der Waals surface area contributed by atoms with Crippen molar-refractivity contribution in [3.8, 4) is 0 Å². The molecule has 2 aliphatic rings. The Morgan fingerprint density at radius 2 is 1.89 bits per heavy atom. The van der Waals surface area contributed by atoms with E-state index in [1.807, 2.05) is 0 Å². The Kier molecular flexibility index (Phi) is 4.37. The van der Waals surface area contributed by atoms with Crippen molar-refractivity contribution in [2.75, 3.05) is 11.6 Å². The van der Waals surface area contributed by atoms with E-state index in [9.17, 15) is 13.2 Å². The number of hydrogen-bond donors (Lipinski definition) is 1. The van der Waals surface area contributed by atoms with Crippen LogP contribution in [0.1, 0.15) is 43.4 Å². The van der Waals surface area contributed by atoms with Gasteiger partial charge in [-0.2, -0.15) is 0 Å². The summed E-state index contributed by atoms with van der Waals surface area (Å²) in [6, 6.07) is 8.48. The SMILES string of the molecule is Cc1cc(NC(=O)[C@]2(c3ccc(S(C)(=O)=O)cc3)C[C@H]2C2CCCC2)no1. The van der Waals surface area contributed by atoms with Crippen molar-refractivity contribution in [1.29, 1.82) is 0 Å². The zero-order chi connectivity index (χ0) is 19.2. The molecule has 2 atom stereocenters. The van der Waals surface area contributed by atoms with Gasteiger partial charge in [-0.3, -0.25) is 4.79 Å². The number of nitrogens with one attached hydrogen (secondary N) is 1. The van der Waals surface area contributed by atoms with Gasteiger partial charge in [0.1, 0.15) is 5.76 Å². The zero-order valence-electron chi connectivity index (χ0n) is 15.6. The summed E-state index contributed by atoms with van der Waals surface area (Å²) in [5.41, 5.74) is 0.266. The Balaban J connectivity index is 1.66. The fraction of sp³-hybridized carbons (Fsp3) is 0.500. The number of anilines is 1. The van der Waals surface area contributed by atoms with Crippen LogP contribution in [0.2, 0.25) is 0 Å². The van der Waals surface area contributed by atoms with E-state index in [2.05, 4.69) is 10.5 Å². The van der Waals surface area contributed by atoms with E-state index in [-0.39, 0.29) is 16.7 Å². The van der Waals surface area contributed by atoms with Gasteiger partial charge in [-0.1, -0.05) is 43.0 Å². The van der Waals surface area contributed by atoms with Crippen LogP contribution in [0.4, 0.5) is 5.82 Å². The molecule has 2 saturated carbocycles. The fourth-order valence-corrected chi connectivity index (χ4v) is 5.22. The van der Waals surface area contributed by atoms with Crippen LogP contribution in [-0.4, -0.2) is 25.7 Å². The second-order valence-electron chi connectivity index (χ2n) is 7.90. The first-order valence-electron chi connectivity index (χ1n) is 9.36. The number of carbonyl (C=O) groups is 1. The van der Waals surface area contributed by atoms with Crippen LogP contribution in [-0.2, 0) is 20.0 Å². The molecule has 0 bridgehead atoms. The van der Waals surface area contributed by atoms with Gasteiger partial charge in [0.05, 0.1) is 10.3 Å². The van der Waals surface area contributed by atoms with Crippen LogP contribution in [0.5, 0.6) is 0 Å². The smallest absolute Gasteiger partial charge is 0.236 e. The van der Waals surface area contributed by atoms with Crippen molar-refractivity contribution in [3.05, 3.63) is 41.7 Å². The van der Waals surface area contributed by atoms with E-state index < -0.39 is 15.3 Å². The van der Waals surface area contributed by atoms with Gasteiger partial charge in [-0.05, 0) is 42.9 Å². The fourth-order valence-electron chi connectivity index (χ4n) is 4.59. The molecule has 27 heavy (non-hydrogen) atoms. The summed E-state index contributed by atoms with van der Waals surface area (Å²) in [6.45, 7) is 1.78. The first-order valence-corrected chi connectivity index (χ1v) is 11.3. The molecular formula is C20H24N2O4S. The minimum Gasteiger partial charge on any atom is -0.360 e. The number of aryl methyl sites for hydroxylation is 1. The molecule has 1 amide bonds. The molecule has 0 spiro atoms. The molecule has 0 aliphatic heterocycles. The number of aromatic nitrogens is 1. The van der Waals surface area contributed by atoms with Gasteiger partial charge in [0.25, 0.3) is 0 Å². The molecule has 0 unspecified atom stereocenters. The average Bonchev–Trinajstić information content (AvgIpc) is 2.94. The van der Waals surface area contributed by atoms with Gasteiger partial charge >= 0.3 is 0 Å². The van der Waals surface area contributed by atoms with E-state index >= 15 is 0 Å². The maximum absolute atomic E-state index is 13.2. The summed E-state index contributed by atoms with van der Waals surface area (Å²) >= 11 is 0. The molecule has 2 aromatic rings. The molecule has 4 rings (SSSR count). The summed E-state index contributed by atoms with van der Waals surface area (Å²) in [7, 11) is -3.26. The third kappa shape index (κ3) is 3.29. The number of carbonyl (C=O) groups excluding carboxylic acids is 1. The maximum atomic E-state index is 13.2. The van der Waals surface area contributed by atoms with E-state index in [4.69, 9.17) is 4.52 Å². The zero-order valence-corrected chi connectivity index (χ0v) is 16.4. The summed E-state index contributed by atoms with van der Waals surface area (Å²) in [6.07, 6.45) is 6.73. The van der Waals surface area contributed by atoms with Crippen molar-refractivity contribution in [3.63, 3.8) is 0 Å². The standard InChI is InChI=1S/C20H24N2O4S/c1-13-11-18(22-26-13)21-19(23)20(12-17(20)14-5-3-4-6-14)15-7-9-16(10-8-15)27(2,24)25/h7-11,14,17H,3-6,12H2,1-2H3,(H,21,22,23)/t17-,20-/m0/s1. The highest BCUT2D eigenvalue weighted by atomic mass is 32.2.